The lowest BCUT2D eigenvalue weighted by Gasteiger charge is -2.48. The molecular weight excluding hydrogens is 282 g/mol. The number of carbonyl (C=O) groups is 1. The molecule has 0 radical (unpaired) electrons. The molecular formula is C16H19N3OS. The molecule has 2 aromatic heterocycles. The third kappa shape index (κ3) is 2.34. The number of nitrogens with zero attached hydrogens (tertiary/aromatic N) is 2. The lowest BCUT2D eigenvalue weighted by Crippen LogP contribution is -2.60. The molecule has 4 atom stereocenters. The van der Waals surface area contributed by atoms with Gasteiger partial charge in [-0.05, 0) is 50.4 Å². The van der Waals surface area contributed by atoms with Crippen LogP contribution in [0.1, 0.15) is 29.4 Å². The van der Waals surface area contributed by atoms with Gasteiger partial charge in [-0.1, -0.05) is 0 Å². The fourth-order valence-electron chi connectivity index (χ4n) is 3.68. The van der Waals surface area contributed by atoms with E-state index in [2.05, 4.69) is 22.1 Å². The van der Waals surface area contributed by atoms with E-state index >= 15 is 0 Å². The summed E-state index contributed by atoms with van der Waals surface area (Å²) in [4.78, 5) is 20.1. The Morgan fingerprint density at radius 3 is 3.14 bits per heavy atom. The summed E-state index contributed by atoms with van der Waals surface area (Å²) in [6.45, 7) is 4.48. The molecule has 5 rings (SSSR count). The molecule has 0 aromatic carbocycles. The lowest BCUT2D eigenvalue weighted by molar-refractivity contribution is 0.0275. The van der Waals surface area contributed by atoms with Crippen molar-refractivity contribution in [3.8, 4) is 0 Å². The van der Waals surface area contributed by atoms with E-state index in [1.54, 1.807) is 6.20 Å². The van der Waals surface area contributed by atoms with Crippen molar-refractivity contribution in [2.75, 3.05) is 13.1 Å². The minimum absolute atomic E-state index is 0.0596. The van der Waals surface area contributed by atoms with E-state index in [4.69, 9.17) is 0 Å². The summed E-state index contributed by atoms with van der Waals surface area (Å²) in [7, 11) is 0. The zero-order valence-electron chi connectivity index (χ0n) is 12.1. The Bertz CT molecular complexity index is 650. The quantitative estimate of drug-likeness (QED) is 0.927. The second kappa shape index (κ2) is 5.07. The first-order valence-corrected chi connectivity index (χ1v) is 8.42. The van der Waals surface area contributed by atoms with Crippen LogP contribution in [0.15, 0.2) is 24.4 Å². The maximum Gasteiger partial charge on any atom is 0.261 e. The highest BCUT2D eigenvalue weighted by molar-refractivity contribution is 7.20. The first-order chi connectivity index (χ1) is 10.2. The molecule has 5 heterocycles. The Morgan fingerprint density at radius 2 is 2.43 bits per heavy atom. The number of nitrogens with one attached hydrogen (secondary N) is 1. The average molecular weight is 301 g/mol. The van der Waals surface area contributed by atoms with Crippen LogP contribution in [0, 0.1) is 5.92 Å². The maximum atomic E-state index is 12.5. The third-order valence-corrected chi connectivity index (χ3v) is 5.97. The fraction of sp³-hybridized carbons (Fsp3) is 0.500. The molecule has 0 spiro atoms. The molecule has 21 heavy (non-hydrogen) atoms. The van der Waals surface area contributed by atoms with Gasteiger partial charge in [-0.15, -0.1) is 11.3 Å². The van der Waals surface area contributed by atoms with E-state index in [0.29, 0.717) is 18.0 Å². The van der Waals surface area contributed by atoms with Crippen molar-refractivity contribution < 1.29 is 4.79 Å². The molecule has 4 unspecified atom stereocenters. The molecule has 3 fully saturated rings. The molecule has 3 aliphatic rings. The normalized spacial score (nSPS) is 31.5. The molecule has 4 nitrogen and oxygen atoms in total. The predicted octanol–water partition coefficient (Wildman–Crippen LogP) is 2.51. The van der Waals surface area contributed by atoms with Gasteiger partial charge in [0.1, 0.15) is 0 Å². The van der Waals surface area contributed by atoms with Crippen LogP contribution in [0.5, 0.6) is 0 Å². The number of carbonyl (C=O) groups excluding carboxylic acids is 1. The summed E-state index contributed by atoms with van der Waals surface area (Å²) >= 11 is 1.53. The van der Waals surface area contributed by atoms with Crippen LogP contribution >= 0.6 is 11.3 Å². The zero-order chi connectivity index (χ0) is 14.4. The largest absolute Gasteiger partial charge is 0.347 e. The highest BCUT2D eigenvalue weighted by atomic mass is 32.1. The van der Waals surface area contributed by atoms with Crippen LogP contribution in [0.3, 0.4) is 0 Å². The summed E-state index contributed by atoms with van der Waals surface area (Å²) in [5, 5.41) is 3.25. The van der Waals surface area contributed by atoms with Crippen LogP contribution in [0.4, 0.5) is 0 Å². The van der Waals surface area contributed by atoms with Gasteiger partial charge in [0, 0.05) is 24.8 Å². The van der Waals surface area contributed by atoms with Crippen molar-refractivity contribution >= 4 is 27.5 Å². The first kappa shape index (κ1) is 13.2. The fourth-order valence-corrected chi connectivity index (χ4v) is 4.60. The van der Waals surface area contributed by atoms with Gasteiger partial charge in [-0.25, -0.2) is 0 Å². The van der Waals surface area contributed by atoms with Crippen LogP contribution < -0.4 is 5.32 Å². The molecule has 2 aromatic rings. The number of amides is 1. The maximum absolute atomic E-state index is 12.5. The van der Waals surface area contributed by atoms with E-state index < -0.39 is 0 Å². The number of hydrogen-bond acceptors (Lipinski definition) is 4. The second-order valence-corrected chi connectivity index (χ2v) is 7.29. The van der Waals surface area contributed by atoms with Crippen LogP contribution in [0.2, 0.25) is 0 Å². The highest BCUT2D eigenvalue weighted by Gasteiger charge is 2.38. The second-order valence-electron chi connectivity index (χ2n) is 6.21. The van der Waals surface area contributed by atoms with E-state index in [0.717, 1.165) is 21.6 Å². The van der Waals surface area contributed by atoms with Crippen molar-refractivity contribution in [3.63, 3.8) is 0 Å². The monoisotopic (exact) mass is 301 g/mol. The van der Waals surface area contributed by atoms with Gasteiger partial charge in [0.2, 0.25) is 0 Å². The van der Waals surface area contributed by atoms with Gasteiger partial charge in [0.15, 0.2) is 0 Å². The van der Waals surface area contributed by atoms with Crippen molar-refractivity contribution in [1.29, 1.82) is 0 Å². The summed E-state index contributed by atoms with van der Waals surface area (Å²) in [5.74, 6) is 0.700. The number of aromatic nitrogens is 1. The number of hydrogen-bond donors (Lipinski definition) is 1. The SMILES string of the molecule is CC1CC2CCN1CC2NC(=O)c1cc2ncccc2s1. The van der Waals surface area contributed by atoms with Crippen LogP contribution in [-0.2, 0) is 0 Å². The van der Waals surface area contributed by atoms with Crippen molar-refractivity contribution in [2.45, 2.75) is 31.8 Å². The molecule has 110 valence electrons. The molecule has 0 aliphatic carbocycles. The number of pyridine rings is 1. The zero-order valence-corrected chi connectivity index (χ0v) is 12.9. The summed E-state index contributed by atoms with van der Waals surface area (Å²) in [6, 6.07) is 6.81. The molecule has 5 heteroatoms. The Kier molecular flexibility index (Phi) is 3.19. The Morgan fingerprint density at radius 1 is 1.52 bits per heavy atom. The molecule has 3 aliphatic heterocycles. The summed E-state index contributed by atoms with van der Waals surface area (Å²) in [5.41, 5.74) is 0.912. The molecule has 2 bridgehead atoms. The van der Waals surface area contributed by atoms with E-state index in [-0.39, 0.29) is 5.91 Å². The molecule has 0 saturated carbocycles. The molecule has 3 saturated heterocycles. The standard InChI is InChI=1S/C16H19N3OS/c1-10-7-11-4-6-19(10)9-13(11)18-16(20)15-8-12-14(21-15)3-2-5-17-12/h2-3,5,8,10-11,13H,4,6-7,9H2,1H3,(H,18,20). The van der Waals surface area contributed by atoms with Crippen molar-refractivity contribution in [3.05, 3.63) is 29.3 Å². The third-order valence-electron chi connectivity index (χ3n) is 4.88. The number of thiophene rings is 1. The summed E-state index contributed by atoms with van der Waals surface area (Å²) < 4.78 is 1.07. The lowest BCUT2D eigenvalue weighted by atomic mass is 9.80. The number of piperidine rings is 3. The Balaban J connectivity index is 1.51. The van der Waals surface area contributed by atoms with Gasteiger partial charge >= 0.3 is 0 Å². The van der Waals surface area contributed by atoms with Crippen molar-refractivity contribution in [2.24, 2.45) is 5.92 Å². The molecule has 1 N–H and O–H groups in total. The van der Waals surface area contributed by atoms with E-state index in [1.807, 2.05) is 18.2 Å². The van der Waals surface area contributed by atoms with E-state index in [9.17, 15) is 4.79 Å². The average Bonchev–Trinajstić information content (AvgIpc) is 2.92. The van der Waals surface area contributed by atoms with Crippen LogP contribution in [-0.4, -0.2) is 41.0 Å². The molecule has 1 amide bonds. The van der Waals surface area contributed by atoms with Gasteiger partial charge in [0.05, 0.1) is 15.1 Å². The Hall–Kier alpha value is -1.46. The topological polar surface area (TPSA) is 45.2 Å². The van der Waals surface area contributed by atoms with Gasteiger partial charge in [-0.2, -0.15) is 0 Å². The minimum Gasteiger partial charge on any atom is -0.347 e. The van der Waals surface area contributed by atoms with E-state index in [1.165, 1.54) is 30.7 Å². The van der Waals surface area contributed by atoms with Crippen LogP contribution in [0.25, 0.3) is 10.2 Å². The Labute approximate surface area is 128 Å². The predicted molar refractivity (Wildman–Crippen MR) is 84.6 cm³/mol. The van der Waals surface area contributed by atoms with Crippen molar-refractivity contribution in [1.82, 2.24) is 15.2 Å². The smallest absolute Gasteiger partial charge is 0.261 e. The summed E-state index contributed by atoms with van der Waals surface area (Å²) in [6.07, 6.45) is 4.19. The number of fused-ring (bicyclic) bond motifs is 4. The van der Waals surface area contributed by atoms with Gasteiger partial charge in [0.25, 0.3) is 5.91 Å². The van der Waals surface area contributed by atoms with Gasteiger partial charge < -0.3 is 5.32 Å². The highest BCUT2D eigenvalue weighted by Crippen LogP contribution is 2.32. The first-order valence-electron chi connectivity index (χ1n) is 7.60. The van der Waals surface area contributed by atoms with Gasteiger partial charge in [-0.3, -0.25) is 14.7 Å². The minimum atomic E-state index is 0.0596. The number of rotatable bonds is 2.